The normalized spacial score (nSPS) is 21.4. The molecule has 2 fully saturated rings. The summed E-state index contributed by atoms with van der Waals surface area (Å²) in [5, 5.41) is 2.54. The molecule has 1 aliphatic heterocycles. The third-order valence-electron chi connectivity index (χ3n) is 5.26. The first-order valence-electron chi connectivity index (χ1n) is 9.48. The van der Waals surface area contributed by atoms with Gasteiger partial charge in [0.05, 0.1) is 11.8 Å². The minimum Gasteiger partial charge on any atom is -0.454 e. The Labute approximate surface area is 162 Å². The van der Waals surface area contributed by atoms with Crippen molar-refractivity contribution in [3.8, 4) is 0 Å². The van der Waals surface area contributed by atoms with Crippen molar-refractivity contribution >= 4 is 23.7 Å². The van der Waals surface area contributed by atoms with Gasteiger partial charge in [0.15, 0.2) is 6.61 Å². The number of carbonyl (C=O) groups is 4. The number of nitrogens with zero attached hydrogens (tertiary/aromatic N) is 1. The number of ether oxygens (including phenoxy) is 1. The van der Waals surface area contributed by atoms with Crippen LogP contribution in [-0.2, 0) is 30.3 Å². The fourth-order valence-corrected chi connectivity index (χ4v) is 3.80. The average Bonchev–Trinajstić information content (AvgIpc) is 2.93. The molecule has 0 radical (unpaired) electrons. The maximum Gasteiger partial charge on any atom is 0.326 e. The third kappa shape index (κ3) is 4.55. The van der Waals surface area contributed by atoms with Crippen molar-refractivity contribution in [1.29, 1.82) is 0 Å². The molecular formula is C20H23FN2O5. The first-order valence-corrected chi connectivity index (χ1v) is 9.48. The van der Waals surface area contributed by atoms with Crippen LogP contribution in [0, 0.1) is 17.7 Å². The first kappa shape index (κ1) is 20.0. The number of halogens is 1. The van der Waals surface area contributed by atoms with Gasteiger partial charge in [0, 0.05) is 6.54 Å². The molecule has 1 aromatic rings. The van der Waals surface area contributed by atoms with Gasteiger partial charge in [0.2, 0.25) is 11.8 Å². The highest BCUT2D eigenvalue weighted by Crippen LogP contribution is 2.37. The lowest BCUT2D eigenvalue weighted by Gasteiger charge is -2.19. The minimum atomic E-state index is -0.801. The molecule has 3 rings (SSSR count). The van der Waals surface area contributed by atoms with Gasteiger partial charge in [-0.05, 0) is 30.9 Å². The van der Waals surface area contributed by atoms with E-state index in [9.17, 15) is 23.6 Å². The average molecular weight is 390 g/mol. The molecule has 1 saturated carbocycles. The molecule has 0 aromatic heterocycles. The Bertz CT molecular complexity index is 758. The molecule has 0 unspecified atom stereocenters. The van der Waals surface area contributed by atoms with E-state index >= 15 is 0 Å². The Morgan fingerprint density at radius 2 is 1.75 bits per heavy atom. The monoisotopic (exact) mass is 390 g/mol. The van der Waals surface area contributed by atoms with Crippen molar-refractivity contribution in [3.63, 3.8) is 0 Å². The van der Waals surface area contributed by atoms with Crippen LogP contribution in [0.25, 0.3) is 0 Å². The van der Waals surface area contributed by atoms with Gasteiger partial charge in [-0.3, -0.25) is 24.1 Å². The van der Waals surface area contributed by atoms with Gasteiger partial charge in [-0.25, -0.2) is 4.39 Å². The third-order valence-corrected chi connectivity index (χ3v) is 5.26. The fraction of sp³-hybridized carbons (Fsp3) is 0.500. The zero-order valence-corrected chi connectivity index (χ0v) is 15.5. The fourth-order valence-electron chi connectivity index (χ4n) is 3.80. The SMILES string of the molecule is O=C(COC(=O)CN1C(=O)[C@H]2CCCC[C@H]2C1=O)NCCc1ccccc1F. The number of esters is 1. The number of imide groups is 1. The second-order valence-electron chi connectivity index (χ2n) is 7.11. The molecule has 8 heteroatoms. The highest BCUT2D eigenvalue weighted by Gasteiger charge is 2.48. The van der Waals surface area contributed by atoms with E-state index in [2.05, 4.69) is 5.32 Å². The quantitative estimate of drug-likeness (QED) is 0.558. The van der Waals surface area contributed by atoms with Crippen molar-refractivity contribution in [2.24, 2.45) is 11.8 Å². The van der Waals surface area contributed by atoms with Crippen LogP contribution in [0.2, 0.25) is 0 Å². The molecule has 150 valence electrons. The Kier molecular flexibility index (Phi) is 6.38. The zero-order chi connectivity index (χ0) is 20.1. The zero-order valence-electron chi connectivity index (χ0n) is 15.5. The number of fused-ring (bicyclic) bond motifs is 1. The van der Waals surface area contributed by atoms with E-state index in [4.69, 9.17) is 4.74 Å². The molecule has 3 amide bonds. The summed E-state index contributed by atoms with van der Waals surface area (Å²) in [6, 6.07) is 6.26. The highest BCUT2D eigenvalue weighted by molar-refractivity contribution is 6.07. The van der Waals surface area contributed by atoms with Crippen molar-refractivity contribution in [3.05, 3.63) is 35.6 Å². The van der Waals surface area contributed by atoms with Crippen LogP contribution < -0.4 is 5.32 Å². The van der Waals surface area contributed by atoms with Crippen LogP contribution in [0.5, 0.6) is 0 Å². The summed E-state index contributed by atoms with van der Waals surface area (Å²) in [4.78, 5) is 49.3. The molecule has 0 spiro atoms. The molecule has 2 atom stereocenters. The molecule has 28 heavy (non-hydrogen) atoms. The number of carbonyl (C=O) groups excluding carboxylic acids is 4. The molecule has 0 bridgehead atoms. The Balaban J connectivity index is 1.39. The van der Waals surface area contributed by atoms with Gasteiger partial charge in [-0.1, -0.05) is 31.0 Å². The van der Waals surface area contributed by atoms with E-state index in [-0.39, 0.29) is 36.0 Å². The van der Waals surface area contributed by atoms with Crippen molar-refractivity contribution in [2.45, 2.75) is 32.1 Å². The number of amides is 3. The molecule has 1 heterocycles. The van der Waals surface area contributed by atoms with Gasteiger partial charge in [-0.15, -0.1) is 0 Å². The lowest BCUT2D eigenvalue weighted by atomic mass is 9.81. The van der Waals surface area contributed by atoms with Crippen LogP contribution in [0.4, 0.5) is 4.39 Å². The van der Waals surface area contributed by atoms with Crippen LogP contribution in [0.1, 0.15) is 31.2 Å². The Morgan fingerprint density at radius 1 is 1.11 bits per heavy atom. The number of likely N-dealkylation sites (tertiary alicyclic amines) is 1. The first-order chi connectivity index (χ1) is 13.5. The van der Waals surface area contributed by atoms with Gasteiger partial charge in [-0.2, -0.15) is 0 Å². The van der Waals surface area contributed by atoms with Gasteiger partial charge in [0.1, 0.15) is 12.4 Å². The summed E-state index contributed by atoms with van der Waals surface area (Å²) in [6.07, 6.45) is 3.47. The number of benzene rings is 1. The summed E-state index contributed by atoms with van der Waals surface area (Å²) >= 11 is 0. The molecule has 1 saturated heterocycles. The Hall–Kier alpha value is -2.77. The largest absolute Gasteiger partial charge is 0.454 e. The molecule has 7 nitrogen and oxygen atoms in total. The van der Waals surface area contributed by atoms with Crippen LogP contribution in [-0.4, -0.2) is 48.3 Å². The van der Waals surface area contributed by atoms with E-state index in [1.165, 1.54) is 6.07 Å². The van der Waals surface area contributed by atoms with Gasteiger partial charge in [0.25, 0.3) is 5.91 Å². The second kappa shape index (κ2) is 8.95. The molecule has 2 aliphatic rings. The molecule has 1 aromatic carbocycles. The maximum absolute atomic E-state index is 13.5. The Morgan fingerprint density at radius 3 is 2.39 bits per heavy atom. The van der Waals surface area contributed by atoms with E-state index < -0.39 is 25.0 Å². The number of nitrogens with one attached hydrogen (secondary N) is 1. The van der Waals surface area contributed by atoms with Gasteiger partial charge < -0.3 is 10.1 Å². The van der Waals surface area contributed by atoms with E-state index in [0.717, 1.165) is 17.7 Å². The maximum atomic E-state index is 13.5. The summed E-state index contributed by atoms with van der Waals surface area (Å²) < 4.78 is 18.4. The van der Waals surface area contributed by atoms with E-state index in [1.54, 1.807) is 18.2 Å². The second-order valence-corrected chi connectivity index (χ2v) is 7.11. The summed E-state index contributed by atoms with van der Waals surface area (Å²) in [5.41, 5.74) is 0.479. The number of rotatable bonds is 7. The topological polar surface area (TPSA) is 92.8 Å². The van der Waals surface area contributed by atoms with Crippen LogP contribution >= 0.6 is 0 Å². The van der Waals surface area contributed by atoms with Crippen molar-refractivity contribution in [2.75, 3.05) is 19.7 Å². The molecule has 1 aliphatic carbocycles. The smallest absolute Gasteiger partial charge is 0.326 e. The van der Waals surface area contributed by atoms with Crippen LogP contribution in [0.15, 0.2) is 24.3 Å². The molecular weight excluding hydrogens is 367 g/mol. The van der Waals surface area contributed by atoms with Crippen molar-refractivity contribution in [1.82, 2.24) is 10.2 Å². The van der Waals surface area contributed by atoms with Gasteiger partial charge >= 0.3 is 5.97 Å². The summed E-state index contributed by atoms with van der Waals surface area (Å²) in [7, 11) is 0. The number of hydrogen-bond donors (Lipinski definition) is 1. The van der Waals surface area contributed by atoms with E-state index in [1.807, 2.05) is 0 Å². The lowest BCUT2D eigenvalue weighted by molar-refractivity contribution is -0.154. The molecule has 1 N–H and O–H groups in total. The highest BCUT2D eigenvalue weighted by atomic mass is 19.1. The van der Waals surface area contributed by atoms with Crippen molar-refractivity contribution < 1.29 is 28.3 Å². The van der Waals surface area contributed by atoms with E-state index in [0.29, 0.717) is 24.8 Å². The standard InChI is InChI=1S/C20H23FN2O5/c21-16-8-4-1-5-13(16)9-10-22-17(24)12-28-18(25)11-23-19(26)14-6-2-3-7-15(14)20(23)27/h1,4-5,8,14-15H,2-3,6-7,9-12H2,(H,22,24)/t14-,15+. The predicted molar refractivity (Wildman–Crippen MR) is 96.2 cm³/mol. The predicted octanol–water partition coefficient (Wildman–Crippen LogP) is 1.20. The number of hydrogen-bond acceptors (Lipinski definition) is 5. The minimum absolute atomic E-state index is 0.198. The summed E-state index contributed by atoms with van der Waals surface area (Å²) in [6.45, 7) is -0.782. The van der Waals surface area contributed by atoms with Crippen LogP contribution in [0.3, 0.4) is 0 Å². The lowest BCUT2D eigenvalue weighted by Crippen LogP contribution is -2.38. The summed E-state index contributed by atoms with van der Waals surface area (Å²) in [5.74, 6) is -2.96.